The van der Waals surface area contributed by atoms with Crippen molar-refractivity contribution >= 4 is 17.4 Å². The van der Waals surface area contributed by atoms with E-state index in [-0.39, 0.29) is 0 Å². The zero-order chi connectivity index (χ0) is 13.0. The third kappa shape index (κ3) is 3.85. The molecule has 0 bridgehead atoms. The Balaban J connectivity index is 1.91. The number of hydrogen-bond acceptors (Lipinski definition) is 3. The fourth-order valence-electron chi connectivity index (χ4n) is 2.48. The second kappa shape index (κ2) is 6.39. The summed E-state index contributed by atoms with van der Waals surface area (Å²) >= 11 is 5.90. The zero-order valence-electron chi connectivity index (χ0n) is 11.2. The number of nitrogens with zero attached hydrogens (tertiary/aromatic N) is 2. The maximum Gasteiger partial charge on any atom is 0.131 e. The Morgan fingerprint density at radius 1 is 1.33 bits per heavy atom. The van der Waals surface area contributed by atoms with E-state index in [1.807, 2.05) is 12.1 Å². The van der Waals surface area contributed by atoms with Crippen molar-refractivity contribution in [2.24, 2.45) is 0 Å². The van der Waals surface area contributed by atoms with Crippen molar-refractivity contribution in [3.05, 3.63) is 23.4 Å². The van der Waals surface area contributed by atoms with Crippen molar-refractivity contribution in [3.8, 4) is 0 Å². The number of halogens is 1. The van der Waals surface area contributed by atoms with Crippen molar-refractivity contribution in [2.45, 2.75) is 45.2 Å². The summed E-state index contributed by atoms with van der Waals surface area (Å²) in [6, 6.07) is 6.89. The molecule has 1 atom stereocenters. The van der Waals surface area contributed by atoms with E-state index in [4.69, 9.17) is 11.6 Å². The number of hydrogen-bond donors (Lipinski definition) is 1. The second-order valence-electron chi connectivity index (χ2n) is 5.25. The van der Waals surface area contributed by atoms with Crippen molar-refractivity contribution < 1.29 is 0 Å². The van der Waals surface area contributed by atoms with Gasteiger partial charge in [-0.15, -0.1) is 0 Å². The number of likely N-dealkylation sites (tertiary alicyclic amines) is 1. The third-order valence-corrected chi connectivity index (χ3v) is 3.77. The van der Waals surface area contributed by atoms with E-state index in [1.54, 1.807) is 6.07 Å². The number of nitrogens with one attached hydrogen (secondary N) is 1. The molecule has 100 valence electrons. The molecule has 0 saturated carbocycles. The largest absolute Gasteiger partial charge is 0.367 e. The molecule has 0 spiro atoms. The van der Waals surface area contributed by atoms with E-state index in [9.17, 15) is 0 Å². The van der Waals surface area contributed by atoms with E-state index >= 15 is 0 Å². The van der Waals surface area contributed by atoms with Gasteiger partial charge in [0.15, 0.2) is 0 Å². The summed E-state index contributed by atoms with van der Waals surface area (Å²) in [6.07, 6.45) is 3.63. The first kappa shape index (κ1) is 13.6. The van der Waals surface area contributed by atoms with Gasteiger partial charge in [-0.2, -0.15) is 0 Å². The molecule has 0 aliphatic carbocycles. The van der Waals surface area contributed by atoms with Crippen molar-refractivity contribution in [1.82, 2.24) is 9.88 Å². The van der Waals surface area contributed by atoms with Crippen molar-refractivity contribution in [2.75, 3.05) is 18.4 Å². The molecule has 1 saturated heterocycles. The lowest BCUT2D eigenvalue weighted by molar-refractivity contribution is 0.230. The quantitative estimate of drug-likeness (QED) is 0.851. The first-order valence-corrected chi connectivity index (χ1v) is 7.16. The first-order valence-electron chi connectivity index (χ1n) is 6.78. The lowest BCUT2D eigenvalue weighted by Crippen LogP contribution is -2.32. The van der Waals surface area contributed by atoms with Gasteiger partial charge in [0.05, 0.1) is 0 Å². The molecule has 0 radical (unpaired) electrons. The molecule has 1 N–H and O–H groups in total. The SMILES string of the molecule is CC(C)N1CCCC(Nc2cccc(Cl)n2)CC1. The highest BCUT2D eigenvalue weighted by Crippen LogP contribution is 2.18. The molecular weight excluding hydrogens is 246 g/mol. The van der Waals surface area contributed by atoms with Gasteiger partial charge < -0.3 is 10.2 Å². The van der Waals surface area contributed by atoms with Gasteiger partial charge in [0.2, 0.25) is 0 Å². The number of anilines is 1. The van der Waals surface area contributed by atoms with E-state index in [0.29, 0.717) is 17.2 Å². The van der Waals surface area contributed by atoms with Crippen LogP contribution in [0.3, 0.4) is 0 Å². The lowest BCUT2D eigenvalue weighted by Gasteiger charge is -2.24. The average molecular weight is 268 g/mol. The van der Waals surface area contributed by atoms with Gasteiger partial charge in [0, 0.05) is 18.6 Å². The third-order valence-electron chi connectivity index (χ3n) is 3.56. The summed E-state index contributed by atoms with van der Waals surface area (Å²) < 4.78 is 0. The summed E-state index contributed by atoms with van der Waals surface area (Å²) in [5, 5.41) is 4.05. The number of pyridine rings is 1. The normalized spacial score (nSPS) is 21.9. The molecular formula is C14H22ClN3. The van der Waals surface area contributed by atoms with Crippen LogP contribution in [0.2, 0.25) is 5.15 Å². The molecule has 1 aromatic rings. The van der Waals surface area contributed by atoms with Crippen LogP contribution >= 0.6 is 11.6 Å². The molecule has 0 aromatic carbocycles. The van der Waals surface area contributed by atoms with Crippen LogP contribution in [0, 0.1) is 0 Å². The second-order valence-corrected chi connectivity index (χ2v) is 5.63. The summed E-state index contributed by atoms with van der Waals surface area (Å²) in [5.41, 5.74) is 0. The lowest BCUT2D eigenvalue weighted by atomic mass is 10.1. The van der Waals surface area contributed by atoms with Crippen LogP contribution in [0.4, 0.5) is 5.82 Å². The predicted octanol–water partition coefficient (Wildman–Crippen LogP) is 3.41. The molecule has 1 aromatic heterocycles. The Morgan fingerprint density at radius 2 is 2.17 bits per heavy atom. The van der Waals surface area contributed by atoms with Crippen LogP contribution in [-0.2, 0) is 0 Å². The Labute approximate surface area is 115 Å². The molecule has 1 aliphatic heterocycles. The highest BCUT2D eigenvalue weighted by molar-refractivity contribution is 6.29. The fraction of sp³-hybridized carbons (Fsp3) is 0.643. The number of aromatic nitrogens is 1. The standard InChI is InChI=1S/C14H22ClN3/c1-11(2)18-9-4-5-12(8-10-18)16-14-7-3-6-13(15)17-14/h3,6-7,11-12H,4-5,8-10H2,1-2H3,(H,16,17). The van der Waals surface area contributed by atoms with E-state index in [1.165, 1.54) is 25.8 Å². The predicted molar refractivity (Wildman–Crippen MR) is 77.2 cm³/mol. The fourth-order valence-corrected chi connectivity index (χ4v) is 2.64. The minimum atomic E-state index is 0.514. The van der Waals surface area contributed by atoms with E-state index in [2.05, 4.69) is 29.0 Å². The van der Waals surface area contributed by atoms with Crippen molar-refractivity contribution in [3.63, 3.8) is 0 Å². The summed E-state index contributed by atoms with van der Waals surface area (Å²) in [5.74, 6) is 0.894. The van der Waals surface area contributed by atoms with Gasteiger partial charge in [-0.25, -0.2) is 4.98 Å². The van der Waals surface area contributed by atoms with Gasteiger partial charge >= 0.3 is 0 Å². The molecule has 1 aliphatic rings. The molecule has 18 heavy (non-hydrogen) atoms. The Hall–Kier alpha value is -0.800. The topological polar surface area (TPSA) is 28.2 Å². The Morgan fingerprint density at radius 3 is 2.89 bits per heavy atom. The molecule has 1 fully saturated rings. The van der Waals surface area contributed by atoms with Crippen molar-refractivity contribution in [1.29, 1.82) is 0 Å². The van der Waals surface area contributed by atoms with Gasteiger partial charge in [0.25, 0.3) is 0 Å². The van der Waals surface area contributed by atoms with Crippen LogP contribution in [0.15, 0.2) is 18.2 Å². The van der Waals surface area contributed by atoms with Gasteiger partial charge in [-0.1, -0.05) is 17.7 Å². The smallest absolute Gasteiger partial charge is 0.131 e. The minimum absolute atomic E-state index is 0.514. The molecule has 2 rings (SSSR count). The Kier molecular flexibility index (Phi) is 4.84. The summed E-state index contributed by atoms with van der Waals surface area (Å²) in [7, 11) is 0. The molecule has 2 heterocycles. The number of rotatable bonds is 3. The Bertz CT molecular complexity index is 381. The van der Waals surface area contributed by atoms with E-state index in [0.717, 1.165) is 12.4 Å². The van der Waals surface area contributed by atoms with Crippen LogP contribution in [0.1, 0.15) is 33.1 Å². The maximum absolute atomic E-state index is 5.90. The molecule has 3 nitrogen and oxygen atoms in total. The van der Waals surface area contributed by atoms with Crippen LogP contribution < -0.4 is 5.32 Å². The highest BCUT2D eigenvalue weighted by Gasteiger charge is 2.18. The van der Waals surface area contributed by atoms with Crippen LogP contribution in [0.5, 0.6) is 0 Å². The molecule has 1 unspecified atom stereocenters. The monoisotopic (exact) mass is 267 g/mol. The van der Waals surface area contributed by atoms with Gasteiger partial charge in [0.1, 0.15) is 11.0 Å². The van der Waals surface area contributed by atoms with Gasteiger partial charge in [-0.3, -0.25) is 0 Å². The molecule has 0 amide bonds. The average Bonchev–Trinajstić information content (AvgIpc) is 2.55. The molecule has 4 heteroatoms. The van der Waals surface area contributed by atoms with E-state index < -0.39 is 0 Å². The first-order chi connectivity index (χ1) is 8.65. The zero-order valence-corrected chi connectivity index (χ0v) is 12.0. The van der Waals surface area contributed by atoms with Crippen LogP contribution in [-0.4, -0.2) is 35.1 Å². The summed E-state index contributed by atoms with van der Waals surface area (Å²) in [6.45, 7) is 6.91. The van der Waals surface area contributed by atoms with Crippen LogP contribution in [0.25, 0.3) is 0 Å². The minimum Gasteiger partial charge on any atom is -0.367 e. The van der Waals surface area contributed by atoms with Gasteiger partial charge in [-0.05, 0) is 51.8 Å². The summed E-state index contributed by atoms with van der Waals surface area (Å²) in [4.78, 5) is 6.84. The maximum atomic E-state index is 5.90. The highest BCUT2D eigenvalue weighted by atomic mass is 35.5.